The number of aldehydes is 1. The summed E-state index contributed by atoms with van der Waals surface area (Å²) in [6, 6.07) is 16.8. The van der Waals surface area contributed by atoms with Gasteiger partial charge in [0.05, 0.1) is 6.42 Å². The van der Waals surface area contributed by atoms with Crippen molar-refractivity contribution in [3.8, 4) is 11.5 Å². The lowest BCUT2D eigenvalue weighted by Gasteiger charge is -2.08. The summed E-state index contributed by atoms with van der Waals surface area (Å²) in [7, 11) is 0. The van der Waals surface area contributed by atoms with Gasteiger partial charge in [-0.05, 0) is 29.8 Å². The molecule has 0 aliphatic heterocycles. The Labute approximate surface area is 130 Å². The molecule has 0 fully saturated rings. The Balaban J connectivity index is 0.00000242. The number of ether oxygens (including phenoxy) is 2. The van der Waals surface area contributed by atoms with Gasteiger partial charge in [0.1, 0.15) is 24.4 Å². The minimum absolute atomic E-state index is 0. The van der Waals surface area contributed by atoms with Gasteiger partial charge in [-0.3, -0.25) is 4.79 Å². The zero-order valence-corrected chi connectivity index (χ0v) is 11.5. The molecule has 116 valence electrons. The Morgan fingerprint density at radius 1 is 1.00 bits per heavy atom. The van der Waals surface area contributed by atoms with E-state index in [-0.39, 0.29) is 32.8 Å². The molecule has 2 rings (SSSR count). The summed E-state index contributed by atoms with van der Waals surface area (Å²) in [6.07, 6.45) is 1.01. The van der Waals surface area contributed by atoms with E-state index in [9.17, 15) is 9.59 Å². The van der Waals surface area contributed by atoms with Crippen LogP contribution in [0.15, 0.2) is 54.6 Å². The first kappa shape index (κ1) is 17.4. The first-order chi connectivity index (χ1) is 10.3. The Hall–Kier alpha value is -2.62. The molecule has 0 bridgehead atoms. The molecule has 4 nitrogen and oxygen atoms in total. The van der Waals surface area contributed by atoms with E-state index in [1.54, 1.807) is 0 Å². The van der Waals surface area contributed by atoms with E-state index < -0.39 is 0 Å². The van der Waals surface area contributed by atoms with Crippen LogP contribution < -0.4 is 4.74 Å². The van der Waals surface area contributed by atoms with Crippen LogP contribution in [0.2, 0.25) is 0 Å². The van der Waals surface area contributed by atoms with Gasteiger partial charge in [-0.2, -0.15) is 0 Å². The predicted molar refractivity (Wildman–Crippen MR) is 84.8 cm³/mol. The third-order valence-electron chi connectivity index (χ3n) is 2.74. The Morgan fingerprint density at radius 2 is 1.73 bits per heavy atom. The highest BCUT2D eigenvalue weighted by atomic mass is 16.5. The van der Waals surface area contributed by atoms with Gasteiger partial charge < -0.3 is 14.3 Å². The minimum Gasteiger partial charge on any atom is -0.461 e. The molecule has 0 radical (unpaired) electrons. The fourth-order valence-corrected chi connectivity index (χ4v) is 1.74. The second-order valence-corrected chi connectivity index (χ2v) is 4.43. The molecule has 0 aliphatic rings. The van der Waals surface area contributed by atoms with Gasteiger partial charge in [-0.25, -0.2) is 0 Å². The molecule has 0 atom stereocenters. The zero-order chi connectivity index (χ0) is 14.9. The van der Waals surface area contributed by atoms with Crippen molar-refractivity contribution in [3.63, 3.8) is 0 Å². The molecular formula is C18H20O4. The molecule has 0 N–H and O–H groups in total. The number of esters is 1. The molecule has 2 aromatic carbocycles. The van der Waals surface area contributed by atoms with E-state index in [1.807, 2.05) is 54.6 Å². The van der Waals surface area contributed by atoms with Gasteiger partial charge in [0.25, 0.3) is 0 Å². The molecule has 4 heteroatoms. The molecular weight excluding hydrogens is 280 g/mol. The molecule has 0 heterocycles. The first-order valence-electron chi connectivity index (χ1n) is 6.69. The van der Waals surface area contributed by atoms with Crippen molar-refractivity contribution in [2.45, 2.75) is 26.9 Å². The zero-order valence-electron chi connectivity index (χ0n) is 11.5. The van der Waals surface area contributed by atoms with Crippen LogP contribution >= 0.6 is 0 Å². The lowest BCUT2D eigenvalue weighted by molar-refractivity contribution is -0.145. The minimum atomic E-state index is -0.378. The van der Waals surface area contributed by atoms with E-state index in [4.69, 9.17) is 9.47 Å². The Bertz CT molecular complexity index is 593. The SMILES string of the molecule is C.O=CCCC(=O)OCc1cccc(Oc2ccccc2)c1. The van der Waals surface area contributed by atoms with Crippen LogP contribution in [0.5, 0.6) is 11.5 Å². The van der Waals surface area contributed by atoms with Crippen molar-refractivity contribution < 1.29 is 19.1 Å². The fourth-order valence-electron chi connectivity index (χ4n) is 1.74. The summed E-state index contributed by atoms with van der Waals surface area (Å²) >= 11 is 0. The van der Waals surface area contributed by atoms with Gasteiger partial charge in [-0.1, -0.05) is 37.8 Å². The number of hydrogen-bond donors (Lipinski definition) is 0. The lowest BCUT2D eigenvalue weighted by Crippen LogP contribution is -2.04. The van der Waals surface area contributed by atoms with Crippen molar-refractivity contribution in [2.75, 3.05) is 0 Å². The highest BCUT2D eigenvalue weighted by molar-refractivity contribution is 5.72. The van der Waals surface area contributed by atoms with Crippen molar-refractivity contribution in [1.82, 2.24) is 0 Å². The number of para-hydroxylation sites is 1. The maximum Gasteiger partial charge on any atom is 0.306 e. The van der Waals surface area contributed by atoms with E-state index in [0.717, 1.165) is 11.3 Å². The number of rotatable bonds is 7. The molecule has 0 saturated carbocycles. The summed E-state index contributed by atoms with van der Waals surface area (Å²) < 4.78 is 10.8. The summed E-state index contributed by atoms with van der Waals surface area (Å²) in [4.78, 5) is 21.5. The summed E-state index contributed by atoms with van der Waals surface area (Å²) in [5.74, 6) is 1.05. The van der Waals surface area contributed by atoms with E-state index in [0.29, 0.717) is 12.0 Å². The van der Waals surface area contributed by atoms with E-state index in [2.05, 4.69) is 0 Å². The topological polar surface area (TPSA) is 52.6 Å². The standard InChI is InChI=1S/C17H16O4.CH4/c18-11-5-10-17(19)20-13-14-6-4-9-16(12-14)21-15-7-2-1-3-8-15;/h1-4,6-9,11-12H,5,10,13H2;1H4. The predicted octanol–water partition coefficient (Wildman–Crippen LogP) is 4.14. The monoisotopic (exact) mass is 300 g/mol. The van der Waals surface area contributed by atoms with Crippen molar-refractivity contribution in [3.05, 3.63) is 60.2 Å². The second kappa shape index (κ2) is 9.34. The lowest BCUT2D eigenvalue weighted by atomic mass is 10.2. The second-order valence-electron chi connectivity index (χ2n) is 4.43. The van der Waals surface area contributed by atoms with Gasteiger partial charge in [-0.15, -0.1) is 0 Å². The summed E-state index contributed by atoms with van der Waals surface area (Å²) in [5.41, 5.74) is 0.836. The average molecular weight is 300 g/mol. The van der Waals surface area contributed by atoms with Crippen LogP contribution in [0.25, 0.3) is 0 Å². The average Bonchev–Trinajstić information content (AvgIpc) is 2.52. The van der Waals surface area contributed by atoms with Crippen molar-refractivity contribution in [1.29, 1.82) is 0 Å². The number of carbonyl (C=O) groups excluding carboxylic acids is 2. The number of carbonyl (C=O) groups is 2. The van der Waals surface area contributed by atoms with Crippen LogP contribution in [0.4, 0.5) is 0 Å². The number of benzene rings is 2. The molecule has 0 aliphatic carbocycles. The summed E-state index contributed by atoms with van der Waals surface area (Å²) in [6.45, 7) is 0.170. The van der Waals surface area contributed by atoms with Gasteiger partial charge in [0, 0.05) is 6.42 Å². The maximum absolute atomic E-state index is 11.3. The van der Waals surface area contributed by atoms with Crippen molar-refractivity contribution in [2.24, 2.45) is 0 Å². The molecule has 22 heavy (non-hydrogen) atoms. The number of hydrogen-bond acceptors (Lipinski definition) is 4. The summed E-state index contributed by atoms with van der Waals surface area (Å²) in [5, 5.41) is 0. The highest BCUT2D eigenvalue weighted by Crippen LogP contribution is 2.22. The molecule has 0 saturated heterocycles. The maximum atomic E-state index is 11.3. The highest BCUT2D eigenvalue weighted by Gasteiger charge is 2.04. The first-order valence-corrected chi connectivity index (χ1v) is 6.69. The van der Waals surface area contributed by atoms with Gasteiger partial charge >= 0.3 is 5.97 Å². The van der Waals surface area contributed by atoms with Crippen LogP contribution in [-0.2, 0) is 20.9 Å². The molecule has 2 aromatic rings. The third-order valence-corrected chi connectivity index (χ3v) is 2.74. The van der Waals surface area contributed by atoms with Gasteiger partial charge in [0.2, 0.25) is 0 Å². The van der Waals surface area contributed by atoms with Crippen LogP contribution in [-0.4, -0.2) is 12.3 Å². The van der Waals surface area contributed by atoms with Crippen LogP contribution in [0.1, 0.15) is 25.8 Å². The van der Waals surface area contributed by atoms with Gasteiger partial charge in [0.15, 0.2) is 0 Å². The fraction of sp³-hybridized carbons (Fsp3) is 0.222. The Morgan fingerprint density at radius 3 is 2.45 bits per heavy atom. The van der Waals surface area contributed by atoms with E-state index >= 15 is 0 Å². The molecule has 0 spiro atoms. The quantitative estimate of drug-likeness (QED) is 0.569. The van der Waals surface area contributed by atoms with E-state index in [1.165, 1.54) is 0 Å². The third kappa shape index (κ3) is 5.79. The molecule has 0 amide bonds. The van der Waals surface area contributed by atoms with Crippen LogP contribution in [0.3, 0.4) is 0 Å². The van der Waals surface area contributed by atoms with Crippen molar-refractivity contribution >= 4 is 12.3 Å². The van der Waals surface area contributed by atoms with Crippen LogP contribution in [0, 0.1) is 0 Å². The molecule has 0 aromatic heterocycles. The largest absolute Gasteiger partial charge is 0.461 e. The Kier molecular flexibility index (Phi) is 7.40. The normalized spacial score (nSPS) is 9.45. The molecule has 0 unspecified atom stereocenters. The smallest absolute Gasteiger partial charge is 0.306 e.